The number of furan rings is 1. The number of aromatic nitrogens is 6. The van der Waals surface area contributed by atoms with E-state index >= 15 is 0 Å². The van der Waals surface area contributed by atoms with Crippen molar-refractivity contribution in [1.29, 1.82) is 0 Å². The number of ether oxygens (including phenoxy) is 1. The Kier molecular flexibility index (Phi) is 6.83. The molecule has 0 spiro atoms. The molecule has 1 aliphatic rings. The summed E-state index contributed by atoms with van der Waals surface area (Å²) in [7, 11) is 0. The normalized spacial score (nSPS) is 14.4. The monoisotopic (exact) mass is 579 g/mol. The van der Waals surface area contributed by atoms with Gasteiger partial charge in [-0.25, -0.2) is 9.67 Å². The fourth-order valence-electron chi connectivity index (χ4n) is 5.42. The van der Waals surface area contributed by atoms with Gasteiger partial charge in [0.15, 0.2) is 23.1 Å². The minimum atomic E-state index is -0.755. The van der Waals surface area contributed by atoms with Crippen molar-refractivity contribution in [2.45, 2.75) is 6.04 Å². The number of hydrogen-bond acceptors (Lipinski definition) is 10. The second-order valence-electron chi connectivity index (χ2n) is 10.1. The molecule has 0 saturated carbocycles. The van der Waals surface area contributed by atoms with Gasteiger partial charge in [0.1, 0.15) is 12.4 Å². The van der Waals surface area contributed by atoms with E-state index < -0.39 is 6.04 Å². The third-order valence-electron chi connectivity index (χ3n) is 7.54. The smallest absolute Gasteiger partial charge is 0.252 e. The maximum Gasteiger partial charge on any atom is 0.252 e. The number of aliphatic hydroxyl groups is 1. The van der Waals surface area contributed by atoms with Crippen molar-refractivity contribution in [3.8, 4) is 17.3 Å². The van der Waals surface area contributed by atoms with Gasteiger partial charge >= 0.3 is 0 Å². The highest BCUT2D eigenvalue weighted by atomic mass is 16.5. The number of fused-ring (bicyclic) bond motifs is 3. The number of nitrogens with two attached hydrogens (primary N) is 1. The lowest BCUT2D eigenvalue weighted by molar-refractivity contribution is -0.134. The van der Waals surface area contributed by atoms with Crippen LogP contribution in [0.4, 0.5) is 11.6 Å². The largest absolute Gasteiger partial charge is 0.491 e. The van der Waals surface area contributed by atoms with E-state index in [0.29, 0.717) is 60.2 Å². The predicted octanol–water partition coefficient (Wildman–Crippen LogP) is 2.63. The summed E-state index contributed by atoms with van der Waals surface area (Å²) in [5.41, 5.74) is 9.08. The zero-order valence-electron chi connectivity index (χ0n) is 23.2. The molecule has 6 aromatic rings. The van der Waals surface area contributed by atoms with Gasteiger partial charge in [0.25, 0.3) is 5.91 Å². The second kappa shape index (κ2) is 11.1. The first-order valence-corrected chi connectivity index (χ1v) is 14.0. The molecule has 7 rings (SSSR count). The summed E-state index contributed by atoms with van der Waals surface area (Å²) in [5, 5.41) is 18.7. The molecule has 218 valence electrons. The lowest BCUT2D eigenvalue weighted by atomic mass is 10.0. The first-order valence-electron chi connectivity index (χ1n) is 14.0. The van der Waals surface area contributed by atoms with Gasteiger partial charge in [0.2, 0.25) is 11.8 Å². The molecular weight excluding hydrogens is 550 g/mol. The minimum Gasteiger partial charge on any atom is -0.491 e. The second-order valence-corrected chi connectivity index (χ2v) is 10.1. The van der Waals surface area contributed by atoms with Crippen molar-refractivity contribution in [3.05, 3.63) is 84.8 Å². The van der Waals surface area contributed by atoms with Crippen molar-refractivity contribution in [2.24, 2.45) is 0 Å². The maximum atomic E-state index is 14.2. The topological polar surface area (TPSA) is 153 Å². The molecule has 1 saturated heterocycles. The predicted molar refractivity (Wildman–Crippen MR) is 159 cm³/mol. The van der Waals surface area contributed by atoms with E-state index in [4.69, 9.17) is 20.0 Å². The molecule has 43 heavy (non-hydrogen) atoms. The Morgan fingerprint density at radius 3 is 2.49 bits per heavy atom. The molecule has 1 aliphatic heterocycles. The summed E-state index contributed by atoms with van der Waals surface area (Å²) in [5.74, 6) is 1.63. The van der Waals surface area contributed by atoms with E-state index in [0.717, 1.165) is 11.3 Å². The molecule has 4 aromatic heterocycles. The van der Waals surface area contributed by atoms with Crippen LogP contribution < -0.4 is 15.4 Å². The number of nitrogen functional groups attached to an aromatic ring is 1. The summed E-state index contributed by atoms with van der Waals surface area (Å²) in [4.78, 5) is 27.6. The standard InChI is InChI=1S/C30H29N9O4/c31-30-34-28-23(27-33-26(35-39(27)30)24-7-4-17-43-24)19-32-38(28)25(20-5-2-1-3-6-20)29(41)37-14-12-36(13-15-37)21-8-10-22(11-9-21)42-18-16-40/h1-11,17,19,25,40H,12-16,18H2,(H2,31,34). The van der Waals surface area contributed by atoms with Crippen LogP contribution >= 0.6 is 0 Å². The summed E-state index contributed by atoms with van der Waals surface area (Å²) in [6.07, 6.45) is 3.20. The number of hydrogen-bond donors (Lipinski definition) is 2. The first-order chi connectivity index (χ1) is 21.1. The van der Waals surface area contributed by atoms with Crippen LogP contribution in [0.2, 0.25) is 0 Å². The van der Waals surface area contributed by atoms with Gasteiger partial charge in [-0.05, 0) is 42.0 Å². The fraction of sp³-hybridized carbons (Fsp3) is 0.233. The molecule has 1 atom stereocenters. The summed E-state index contributed by atoms with van der Waals surface area (Å²) in [6, 6.07) is 20.1. The number of carbonyl (C=O) groups is 1. The van der Waals surface area contributed by atoms with E-state index in [9.17, 15) is 4.79 Å². The maximum absolute atomic E-state index is 14.2. The molecule has 13 nitrogen and oxygen atoms in total. The molecule has 0 aliphatic carbocycles. The number of rotatable bonds is 8. The molecular formula is C30H29N9O4. The molecule has 5 heterocycles. The zero-order chi connectivity index (χ0) is 29.3. The number of benzene rings is 2. The van der Waals surface area contributed by atoms with Crippen LogP contribution in [0.25, 0.3) is 28.3 Å². The van der Waals surface area contributed by atoms with Crippen molar-refractivity contribution in [3.63, 3.8) is 0 Å². The van der Waals surface area contributed by atoms with Crippen molar-refractivity contribution < 1.29 is 19.1 Å². The highest BCUT2D eigenvalue weighted by molar-refractivity contribution is 5.92. The lowest BCUT2D eigenvalue weighted by Gasteiger charge is -2.37. The average molecular weight is 580 g/mol. The van der Waals surface area contributed by atoms with Crippen LogP contribution in [0.15, 0.2) is 83.6 Å². The van der Waals surface area contributed by atoms with Gasteiger partial charge in [-0.2, -0.15) is 14.6 Å². The SMILES string of the molecule is Nc1nc2c(cnn2C(C(=O)N2CCN(c3ccc(OCCO)cc3)CC2)c2ccccc2)c2nc(-c3ccco3)nn12. The number of nitrogens with zero attached hydrogens (tertiary/aromatic N) is 8. The molecule has 1 unspecified atom stereocenters. The Morgan fingerprint density at radius 2 is 1.77 bits per heavy atom. The molecule has 0 radical (unpaired) electrons. The number of aliphatic hydroxyl groups excluding tert-OH is 1. The van der Waals surface area contributed by atoms with Gasteiger partial charge in [0.05, 0.1) is 24.5 Å². The summed E-state index contributed by atoms with van der Waals surface area (Å²) < 4.78 is 14.0. The molecule has 2 aromatic carbocycles. The van der Waals surface area contributed by atoms with Crippen LogP contribution in [0, 0.1) is 0 Å². The molecule has 1 fully saturated rings. The van der Waals surface area contributed by atoms with Gasteiger partial charge < -0.3 is 29.8 Å². The Balaban J connectivity index is 1.18. The third-order valence-corrected chi connectivity index (χ3v) is 7.54. The lowest BCUT2D eigenvalue weighted by Crippen LogP contribution is -2.51. The van der Waals surface area contributed by atoms with E-state index in [2.05, 4.69) is 25.1 Å². The number of piperazine rings is 1. The van der Waals surface area contributed by atoms with Crippen LogP contribution in [0.3, 0.4) is 0 Å². The van der Waals surface area contributed by atoms with E-state index in [1.165, 1.54) is 4.52 Å². The Morgan fingerprint density at radius 1 is 0.977 bits per heavy atom. The van der Waals surface area contributed by atoms with E-state index in [-0.39, 0.29) is 25.1 Å². The van der Waals surface area contributed by atoms with Crippen LogP contribution in [0.5, 0.6) is 5.75 Å². The number of amides is 1. The van der Waals surface area contributed by atoms with E-state index in [1.54, 1.807) is 29.3 Å². The van der Waals surface area contributed by atoms with Crippen molar-refractivity contribution >= 4 is 34.2 Å². The number of carbonyl (C=O) groups excluding carboxylic acids is 1. The van der Waals surface area contributed by atoms with Crippen molar-refractivity contribution in [2.75, 3.05) is 50.0 Å². The van der Waals surface area contributed by atoms with Gasteiger partial charge in [-0.15, -0.1) is 5.10 Å². The third kappa shape index (κ3) is 4.89. The van der Waals surface area contributed by atoms with Gasteiger partial charge in [-0.1, -0.05) is 30.3 Å². The molecule has 3 N–H and O–H groups in total. The van der Waals surface area contributed by atoms with Crippen LogP contribution in [-0.2, 0) is 4.79 Å². The Bertz CT molecular complexity index is 1860. The average Bonchev–Trinajstić information content (AvgIpc) is 3.82. The Labute approximate surface area is 245 Å². The van der Waals surface area contributed by atoms with Gasteiger partial charge in [0, 0.05) is 31.9 Å². The van der Waals surface area contributed by atoms with Gasteiger partial charge in [-0.3, -0.25) is 4.79 Å². The quantitative estimate of drug-likeness (QED) is 0.275. The highest BCUT2D eigenvalue weighted by Crippen LogP contribution is 2.29. The molecule has 1 amide bonds. The van der Waals surface area contributed by atoms with Crippen molar-refractivity contribution in [1.82, 2.24) is 34.3 Å². The number of anilines is 2. The Hall–Kier alpha value is -5.43. The van der Waals surface area contributed by atoms with Crippen LogP contribution in [0.1, 0.15) is 11.6 Å². The zero-order valence-corrected chi connectivity index (χ0v) is 23.2. The fourth-order valence-corrected chi connectivity index (χ4v) is 5.42. The first kappa shape index (κ1) is 26.5. The molecule has 13 heteroatoms. The minimum absolute atomic E-state index is 0.0306. The molecule has 0 bridgehead atoms. The van der Waals surface area contributed by atoms with Crippen LogP contribution in [-0.4, -0.2) is 84.7 Å². The summed E-state index contributed by atoms with van der Waals surface area (Å²) in [6.45, 7) is 2.65. The summed E-state index contributed by atoms with van der Waals surface area (Å²) >= 11 is 0. The highest BCUT2D eigenvalue weighted by Gasteiger charge is 2.32. The van der Waals surface area contributed by atoms with E-state index in [1.807, 2.05) is 59.5 Å².